The molecular formula is C66H122NO8+. The third-order valence-electron chi connectivity index (χ3n) is 14.1. The molecule has 75 heavy (non-hydrogen) atoms. The number of carbonyl (C=O) groups is 3. The Hall–Kier alpha value is -2.75. The van der Waals surface area contributed by atoms with Crippen molar-refractivity contribution in [3.05, 3.63) is 48.6 Å². The Balaban J connectivity index is 4.12. The first-order chi connectivity index (χ1) is 36.6. The highest BCUT2D eigenvalue weighted by atomic mass is 16.7. The van der Waals surface area contributed by atoms with Gasteiger partial charge in [0.1, 0.15) is 13.2 Å². The SMILES string of the molecule is CCCCC/C=C\C/C=C\CCCCCCCCCCCC(=O)OCC(COC(OCC[N+](C)(C)C)C(=O)O)OC(=O)CCCCCCCCCCCCCCCCCCCCC/C=C\C/C=C\CCCCCCC. The maximum absolute atomic E-state index is 12.9. The van der Waals surface area contributed by atoms with Crippen LogP contribution >= 0.6 is 0 Å². The molecular weight excluding hydrogens is 935 g/mol. The van der Waals surface area contributed by atoms with E-state index >= 15 is 0 Å². The van der Waals surface area contributed by atoms with Crippen molar-refractivity contribution in [2.45, 2.75) is 309 Å². The van der Waals surface area contributed by atoms with Gasteiger partial charge in [-0.3, -0.25) is 9.59 Å². The van der Waals surface area contributed by atoms with Crippen molar-refractivity contribution in [3.63, 3.8) is 0 Å². The van der Waals surface area contributed by atoms with Gasteiger partial charge in [0.05, 0.1) is 34.4 Å². The molecule has 0 fully saturated rings. The molecule has 1 N–H and O–H groups in total. The molecule has 438 valence electrons. The van der Waals surface area contributed by atoms with Crippen LogP contribution in [0.4, 0.5) is 0 Å². The van der Waals surface area contributed by atoms with Crippen LogP contribution in [0.5, 0.6) is 0 Å². The third-order valence-corrected chi connectivity index (χ3v) is 14.1. The van der Waals surface area contributed by atoms with Crippen molar-refractivity contribution in [2.75, 3.05) is 47.5 Å². The number of carbonyl (C=O) groups excluding carboxylic acids is 2. The lowest BCUT2D eigenvalue weighted by atomic mass is 10.0. The van der Waals surface area contributed by atoms with Gasteiger partial charge in [-0.1, -0.05) is 255 Å². The van der Waals surface area contributed by atoms with E-state index in [0.717, 1.165) is 51.4 Å². The van der Waals surface area contributed by atoms with Crippen LogP contribution < -0.4 is 0 Å². The van der Waals surface area contributed by atoms with Crippen molar-refractivity contribution in [1.82, 2.24) is 0 Å². The lowest BCUT2D eigenvalue weighted by Crippen LogP contribution is -2.40. The smallest absolute Gasteiger partial charge is 0.361 e. The number of nitrogens with zero attached hydrogens (tertiary/aromatic N) is 1. The molecule has 0 heterocycles. The standard InChI is InChI=1S/C66H121NO8/c1-6-8-10-12-14-16-18-20-22-24-26-27-28-29-30-31-32-33-34-35-36-37-39-41-43-45-47-49-51-53-55-57-64(69)75-62(61-74-66(65(70)71)72-59-58-67(3,4)5)60-73-63(68)56-54-52-50-48-46-44-42-40-38-25-23-21-19-17-15-13-11-9-7-2/h15,17-18,20-21,23-24,26,62,66H,6-14,16,19,22,25,27-61H2,1-5H3/p+1/b17-15-,20-18-,23-21-,26-24-. The number of carboxylic acid groups (broad SMARTS) is 1. The first-order valence-electron chi connectivity index (χ1n) is 31.8. The Morgan fingerprint density at radius 2 is 0.720 bits per heavy atom. The number of ether oxygens (including phenoxy) is 4. The molecule has 0 bridgehead atoms. The van der Waals surface area contributed by atoms with Crippen LogP contribution in [0.3, 0.4) is 0 Å². The number of esters is 2. The van der Waals surface area contributed by atoms with Crippen LogP contribution in [-0.2, 0) is 33.3 Å². The molecule has 0 aromatic rings. The van der Waals surface area contributed by atoms with Gasteiger partial charge in [0.15, 0.2) is 6.10 Å². The summed E-state index contributed by atoms with van der Waals surface area (Å²) in [4.78, 5) is 37.5. The molecule has 0 aliphatic heterocycles. The zero-order valence-corrected chi connectivity index (χ0v) is 50.0. The molecule has 0 saturated heterocycles. The van der Waals surface area contributed by atoms with Crippen molar-refractivity contribution in [3.8, 4) is 0 Å². The quantitative estimate of drug-likeness (QED) is 0.0211. The number of quaternary nitrogens is 1. The normalized spacial score (nSPS) is 13.0. The fourth-order valence-corrected chi connectivity index (χ4v) is 9.14. The molecule has 0 saturated carbocycles. The van der Waals surface area contributed by atoms with Gasteiger partial charge in [-0.2, -0.15) is 0 Å². The molecule has 0 amide bonds. The van der Waals surface area contributed by atoms with Crippen LogP contribution in [0.2, 0.25) is 0 Å². The molecule has 0 aliphatic rings. The fourth-order valence-electron chi connectivity index (χ4n) is 9.14. The van der Waals surface area contributed by atoms with Crippen LogP contribution in [0.15, 0.2) is 48.6 Å². The fraction of sp³-hybridized carbons (Fsp3) is 0.833. The van der Waals surface area contributed by atoms with E-state index in [1.165, 1.54) is 218 Å². The maximum atomic E-state index is 12.9. The molecule has 0 aromatic heterocycles. The van der Waals surface area contributed by atoms with E-state index in [4.69, 9.17) is 18.9 Å². The minimum absolute atomic E-state index is 0.182. The van der Waals surface area contributed by atoms with Crippen LogP contribution in [-0.4, -0.2) is 87.4 Å². The lowest BCUT2D eigenvalue weighted by molar-refractivity contribution is -0.870. The number of allylic oxidation sites excluding steroid dienone is 8. The van der Waals surface area contributed by atoms with Crippen molar-refractivity contribution < 1.29 is 42.9 Å². The summed E-state index contributed by atoms with van der Waals surface area (Å²) in [6.07, 6.45) is 69.2. The molecule has 0 aliphatic carbocycles. The highest BCUT2D eigenvalue weighted by molar-refractivity contribution is 5.71. The Bertz CT molecular complexity index is 1370. The summed E-state index contributed by atoms with van der Waals surface area (Å²) < 4.78 is 22.9. The zero-order valence-electron chi connectivity index (χ0n) is 50.0. The summed E-state index contributed by atoms with van der Waals surface area (Å²) in [5.41, 5.74) is 0. The highest BCUT2D eigenvalue weighted by Gasteiger charge is 2.25. The number of hydrogen-bond donors (Lipinski definition) is 1. The third kappa shape index (κ3) is 58.8. The molecule has 0 spiro atoms. The summed E-state index contributed by atoms with van der Waals surface area (Å²) in [5.74, 6) is -1.99. The van der Waals surface area contributed by atoms with Crippen LogP contribution in [0.25, 0.3) is 0 Å². The summed E-state index contributed by atoms with van der Waals surface area (Å²) in [6, 6.07) is 0. The van der Waals surface area contributed by atoms with E-state index < -0.39 is 24.3 Å². The number of hydrogen-bond acceptors (Lipinski definition) is 7. The van der Waals surface area contributed by atoms with Crippen molar-refractivity contribution in [2.24, 2.45) is 0 Å². The largest absolute Gasteiger partial charge is 0.477 e. The van der Waals surface area contributed by atoms with E-state index in [9.17, 15) is 19.5 Å². The first kappa shape index (κ1) is 72.2. The van der Waals surface area contributed by atoms with Gasteiger partial charge in [-0.05, 0) is 77.0 Å². The van der Waals surface area contributed by atoms with Crippen molar-refractivity contribution in [1.29, 1.82) is 0 Å². The molecule has 0 radical (unpaired) electrons. The molecule has 2 atom stereocenters. The Labute approximate surface area is 463 Å². The average molecular weight is 1060 g/mol. The van der Waals surface area contributed by atoms with E-state index in [1.807, 2.05) is 21.1 Å². The second-order valence-electron chi connectivity index (χ2n) is 22.7. The summed E-state index contributed by atoms with van der Waals surface area (Å²) >= 11 is 0. The Kier molecular flexibility index (Phi) is 55.3. The molecule has 9 nitrogen and oxygen atoms in total. The second-order valence-corrected chi connectivity index (χ2v) is 22.7. The van der Waals surface area contributed by atoms with Gasteiger partial charge in [-0.25, -0.2) is 4.79 Å². The summed E-state index contributed by atoms with van der Waals surface area (Å²) in [6.45, 7) is 4.88. The number of unbranched alkanes of at least 4 members (excludes halogenated alkanes) is 36. The van der Waals surface area contributed by atoms with E-state index in [2.05, 4.69) is 62.5 Å². The molecule has 9 heteroatoms. The number of aliphatic carboxylic acids is 1. The monoisotopic (exact) mass is 1060 g/mol. The first-order valence-corrected chi connectivity index (χ1v) is 31.8. The van der Waals surface area contributed by atoms with Gasteiger partial charge in [-0.15, -0.1) is 0 Å². The predicted octanol–water partition coefficient (Wildman–Crippen LogP) is 19.0. The summed E-state index contributed by atoms with van der Waals surface area (Å²) in [5, 5.41) is 9.72. The molecule has 0 aromatic carbocycles. The average Bonchev–Trinajstić information content (AvgIpc) is 3.38. The number of rotatable bonds is 59. The highest BCUT2D eigenvalue weighted by Crippen LogP contribution is 2.17. The van der Waals surface area contributed by atoms with Gasteiger partial charge in [0.25, 0.3) is 6.29 Å². The van der Waals surface area contributed by atoms with E-state index in [-0.39, 0.29) is 32.2 Å². The number of carboxylic acids is 1. The van der Waals surface area contributed by atoms with Crippen molar-refractivity contribution >= 4 is 17.9 Å². The van der Waals surface area contributed by atoms with E-state index in [1.54, 1.807) is 0 Å². The Morgan fingerprint density at radius 1 is 0.400 bits per heavy atom. The van der Waals surface area contributed by atoms with Crippen LogP contribution in [0.1, 0.15) is 296 Å². The van der Waals surface area contributed by atoms with E-state index in [0.29, 0.717) is 17.4 Å². The zero-order chi connectivity index (χ0) is 54.8. The van der Waals surface area contributed by atoms with Gasteiger partial charge in [0, 0.05) is 12.8 Å². The number of likely N-dealkylation sites (N-methyl/N-ethyl adjacent to an activating group) is 1. The lowest BCUT2D eigenvalue weighted by Gasteiger charge is -2.25. The van der Waals surface area contributed by atoms with Gasteiger partial charge >= 0.3 is 17.9 Å². The van der Waals surface area contributed by atoms with Crippen LogP contribution in [0, 0.1) is 0 Å². The maximum Gasteiger partial charge on any atom is 0.361 e. The van der Waals surface area contributed by atoms with Gasteiger partial charge in [0.2, 0.25) is 0 Å². The predicted molar refractivity (Wildman–Crippen MR) is 318 cm³/mol. The Morgan fingerprint density at radius 3 is 1.08 bits per heavy atom. The second kappa shape index (κ2) is 57.4. The molecule has 0 rings (SSSR count). The minimum Gasteiger partial charge on any atom is -0.477 e. The molecule has 2 unspecified atom stereocenters. The minimum atomic E-state index is -1.51. The van der Waals surface area contributed by atoms with Gasteiger partial charge < -0.3 is 28.5 Å². The summed E-state index contributed by atoms with van der Waals surface area (Å²) in [7, 11) is 5.98. The topological polar surface area (TPSA) is 108 Å².